The zero-order valence-corrected chi connectivity index (χ0v) is 11.4. The molecule has 1 rings (SSSR count). The summed E-state index contributed by atoms with van der Waals surface area (Å²) in [6, 6.07) is 0. The molecule has 1 aliphatic rings. The van der Waals surface area contributed by atoms with Crippen molar-refractivity contribution in [1.29, 1.82) is 0 Å². The number of hydrogen-bond donors (Lipinski definition) is 0. The summed E-state index contributed by atoms with van der Waals surface area (Å²) in [5, 5.41) is 0. The van der Waals surface area contributed by atoms with Crippen molar-refractivity contribution in [3.8, 4) is 0 Å². The highest BCUT2D eigenvalue weighted by atomic mass is 14.4. The van der Waals surface area contributed by atoms with E-state index in [0.29, 0.717) is 5.41 Å². The highest BCUT2D eigenvalue weighted by Crippen LogP contribution is 2.45. The van der Waals surface area contributed by atoms with Gasteiger partial charge in [0.15, 0.2) is 0 Å². The summed E-state index contributed by atoms with van der Waals surface area (Å²) in [4.78, 5) is 0. The van der Waals surface area contributed by atoms with Gasteiger partial charge in [-0.1, -0.05) is 46.3 Å². The second-order valence-corrected chi connectivity index (χ2v) is 6.52. The van der Waals surface area contributed by atoms with Crippen molar-refractivity contribution in [2.24, 2.45) is 23.2 Å². The van der Waals surface area contributed by atoms with Crippen LogP contribution in [0.5, 0.6) is 0 Å². The van der Waals surface area contributed by atoms with Gasteiger partial charge in [0.2, 0.25) is 0 Å². The highest BCUT2D eigenvalue weighted by Gasteiger charge is 2.34. The van der Waals surface area contributed by atoms with E-state index in [1.807, 2.05) is 0 Å². The lowest BCUT2D eigenvalue weighted by molar-refractivity contribution is 0.241. The molecule has 0 nitrogen and oxygen atoms in total. The van der Waals surface area contributed by atoms with E-state index in [1.165, 1.54) is 19.3 Å². The lowest BCUT2D eigenvalue weighted by Crippen LogP contribution is -2.18. The van der Waals surface area contributed by atoms with Gasteiger partial charge in [-0.05, 0) is 49.4 Å². The Morgan fingerprint density at radius 1 is 1.20 bits per heavy atom. The lowest BCUT2D eigenvalue weighted by Gasteiger charge is -2.27. The summed E-state index contributed by atoms with van der Waals surface area (Å²) in [5.74, 6) is 2.54. The third-order valence-electron chi connectivity index (χ3n) is 4.13. The van der Waals surface area contributed by atoms with E-state index in [0.717, 1.165) is 17.8 Å². The van der Waals surface area contributed by atoms with E-state index in [2.05, 4.69) is 47.6 Å². The minimum atomic E-state index is 0.505. The Balaban J connectivity index is 2.64. The van der Waals surface area contributed by atoms with Crippen molar-refractivity contribution in [3.05, 3.63) is 11.6 Å². The number of hydrogen-bond acceptors (Lipinski definition) is 0. The Morgan fingerprint density at radius 3 is 2.13 bits per heavy atom. The molecule has 0 spiro atoms. The van der Waals surface area contributed by atoms with E-state index >= 15 is 0 Å². The molecule has 2 atom stereocenters. The molecule has 0 N–H and O–H groups in total. The van der Waals surface area contributed by atoms with Gasteiger partial charge in [0.25, 0.3) is 0 Å². The number of rotatable bonds is 2. The van der Waals surface area contributed by atoms with Crippen LogP contribution in [0.3, 0.4) is 0 Å². The second-order valence-electron chi connectivity index (χ2n) is 6.52. The van der Waals surface area contributed by atoms with E-state index in [9.17, 15) is 0 Å². The normalized spacial score (nSPS) is 28.9. The van der Waals surface area contributed by atoms with Crippen LogP contribution in [0, 0.1) is 23.2 Å². The van der Waals surface area contributed by atoms with Gasteiger partial charge < -0.3 is 0 Å². The van der Waals surface area contributed by atoms with Gasteiger partial charge in [-0.3, -0.25) is 0 Å². The smallest absolute Gasteiger partial charge is 0.0198 e. The zero-order chi connectivity index (χ0) is 11.6. The summed E-state index contributed by atoms with van der Waals surface area (Å²) in [5.41, 5.74) is 2.20. The first-order valence-electron chi connectivity index (χ1n) is 6.52. The first-order valence-corrected chi connectivity index (χ1v) is 6.52. The lowest BCUT2D eigenvalue weighted by atomic mass is 9.78. The van der Waals surface area contributed by atoms with Crippen molar-refractivity contribution < 1.29 is 0 Å². The molecule has 0 bridgehead atoms. The molecule has 0 aliphatic heterocycles. The largest absolute Gasteiger partial charge is 0.0879 e. The highest BCUT2D eigenvalue weighted by molar-refractivity contribution is 5.11. The standard InChI is InChI=1S/C15H28/c1-7-14(11(2)3)12-8-9-13(10-12)15(4,5)6/h7,11-13H,8-10H2,1-6H3/b14-7+. The van der Waals surface area contributed by atoms with E-state index in [4.69, 9.17) is 0 Å². The van der Waals surface area contributed by atoms with Gasteiger partial charge >= 0.3 is 0 Å². The topological polar surface area (TPSA) is 0 Å². The molecule has 0 aromatic heterocycles. The summed E-state index contributed by atoms with van der Waals surface area (Å²) >= 11 is 0. The number of allylic oxidation sites excluding steroid dienone is 2. The van der Waals surface area contributed by atoms with Crippen LogP contribution in [0.25, 0.3) is 0 Å². The fourth-order valence-electron chi connectivity index (χ4n) is 3.11. The predicted octanol–water partition coefficient (Wildman–Crippen LogP) is 5.05. The Labute approximate surface area is 96.2 Å². The molecular weight excluding hydrogens is 180 g/mol. The molecule has 15 heavy (non-hydrogen) atoms. The molecular formula is C15H28. The minimum absolute atomic E-state index is 0.505. The average molecular weight is 208 g/mol. The maximum Gasteiger partial charge on any atom is -0.0198 e. The monoisotopic (exact) mass is 208 g/mol. The van der Waals surface area contributed by atoms with Crippen LogP contribution in [-0.4, -0.2) is 0 Å². The summed E-state index contributed by atoms with van der Waals surface area (Å²) < 4.78 is 0. The van der Waals surface area contributed by atoms with E-state index < -0.39 is 0 Å². The molecule has 0 heteroatoms. The van der Waals surface area contributed by atoms with Gasteiger partial charge in [0.1, 0.15) is 0 Å². The van der Waals surface area contributed by atoms with Gasteiger partial charge in [-0.2, -0.15) is 0 Å². The van der Waals surface area contributed by atoms with Gasteiger partial charge in [-0.25, -0.2) is 0 Å². The maximum absolute atomic E-state index is 2.39. The van der Waals surface area contributed by atoms with Crippen molar-refractivity contribution in [2.45, 2.75) is 60.8 Å². The molecule has 88 valence electrons. The maximum atomic E-state index is 2.39. The van der Waals surface area contributed by atoms with Crippen LogP contribution < -0.4 is 0 Å². The second kappa shape index (κ2) is 4.72. The van der Waals surface area contributed by atoms with E-state index in [-0.39, 0.29) is 0 Å². The molecule has 1 aliphatic carbocycles. The molecule has 0 aromatic carbocycles. The predicted molar refractivity (Wildman–Crippen MR) is 68.9 cm³/mol. The van der Waals surface area contributed by atoms with Crippen molar-refractivity contribution in [3.63, 3.8) is 0 Å². The first-order chi connectivity index (χ1) is 6.86. The molecule has 1 saturated carbocycles. The van der Waals surface area contributed by atoms with Crippen LogP contribution >= 0.6 is 0 Å². The van der Waals surface area contributed by atoms with Gasteiger partial charge in [-0.15, -0.1) is 0 Å². The summed E-state index contributed by atoms with van der Waals surface area (Å²) in [6.07, 6.45) is 6.62. The van der Waals surface area contributed by atoms with Crippen LogP contribution in [0.1, 0.15) is 60.8 Å². The third kappa shape index (κ3) is 3.09. The Hall–Kier alpha value is -0.260. The Morgan fingerprint density at radius 2 is 1.80 bits per heavy atom. The average Bonchev–Trinajstić information content (AvgIpc) is 2.52. The molecule has 0 radical (unpaired) electrons. The van der Waals surface area contributed by atoms with Gasteiger partial charge in [0, 0.05) is 0 Å². The third-order valence-corrected chi connectivity index (χ3v) is 4.13. The van der Waals surface area contributed by atoms with Crippen molar-refractivity contribution in [2.75, 3.05) is 0 Å². The fraction of sp³-hybridized carbons (Fsp3) is 0.867. The van der Waals surface area contributed by atoms with Crippen LogP contribution in [0.15, 0.2) is 11.6 Å². The fourth-order valence-corrected chi connectivity index (χ4v) is 3.11. The molecule has 0 saturated heterocycles. The zero-order valence-electron chi connectivity index (χ0n) is 11.4. The Bertz CT molecular complexity index is 227. The quantitative estimate of drug-likeness (QED) is 0.557. The van der Waals surface area contributed by atoms with Gasteiger partial charge in [0.05, 0.1) is 0 Å². The molecule has 0 heterocycles. The first kappa shape index (κ1) is 12.8. The van der Waals surface area contributed by atoms with Crippen LogP contribution in [-0.2, 0) is 0 Å². The molecule has 0 amide bonds. The Kier molecular flexibility index (Phi) is 4.03. The van der Waals surface area contributed by atoms with Crippen LogP contribution in [0.2, 0.25) is 0 Å². The minimum Gasteiger partial charge on any atom is -0.0879 e. The molecule has 0 aromatic rings. The van der Waals surface area contributed by atoms with E-state index in [1.54, 1.807) is 5.57 Å². The van der Waals surface area contributed by atoms with Crippen LogP contribution in [0.4, 0.5) is 0 Å². The van der Waals surface area contributed by atoms with Crippen molar-refractivity contribution in [1.82, 2.24) is 0 Å². The summed E-state index contributed by atoms with van der Waals surface area (Å²) in [6.45, 7) is 14.1. The summed E-state index contributed by atoms with van der Waals surface area (Å²) in [7, 11) is 0. The molecule has 1 fully saturated rings. The SMILES string of the molecule is C/C=C(\C(C)C)C1CCC(C(C)(C)C)C1. The molecule has 2 unspecified atom stereocenters. The van der Waals surface area contributed by atoms with Crippen molar-refractivity contribution >= 4 is 0 Å².